The van der Waals surface area contributed by atoms with Crippen LogP contribution in [-0.2, 0) is 4.74 Å². The third-order valence-electron chi connectivity index (χ3n) is 3.34. The van der Waals surface area contributed by atoms with E-state index in [1.54, 1.807) is 0 Å². The smallest absolute Gasteiger partial charge is 0.411 e. The topological polar surface area (TPSA) is 50.4 Å². The molecule has 0 aliphatic carbocycles. The Morgan fingerprint density at radius 2 is 2.00 bits per heavy atom. The number of carbonyl (C=O) groups is 1. The lowest BCUT2D eigenvalue weighted by Gasteiger charge is -2.15. The van der Waals surface area contributed by atoms with E-state index in [0.29, 0.717) is 11.7 Å². The van der Waals surface area contributed by atoms with Gasteiger partial charge in [-0.2, -0.15) is 0 Å². The SMILES string of the molecule is COC(=O)Nc1cccc(NC2CSc3ccccc32)c1. The second-order valence-corrected chi connectivity index (χ2v) is 5.80. The molecule has 0 bridgehead atoms. The number of thioether (sulfide) groups is 1. The minimum Gasteiger partial charge on any atom is -0.453 e. The Kier molecular flexibility index (Phi) is 4.01. The van der Waals surface area contributed by atoms with Crippen LogP contribution in [0.5, 0.6) is 0 Å². The number of fused-ring (bicyclic) bond motifs is 1. The Bertz CT molecular complexity index is 660. The summed E-state index contributed by atoms with van der Waals surface area (Å²) in [7, 11) is 1.35. The van der Waals surface area contributed by atoms with Crippen molar-refractivity contribution < 1.29 is 9.53 Å². The highest BCUT2D eigenvalue weighted by Crippen LogP contribution is 2.39. The lowest BCUT2D eigenvalue weighted by Crippen LogP contribution is -2.12. The van der Waals surface area contributed by atoms with E-state index in [1.807, 2.05) is 36.0 Å². The number of carbonyl (C=O) groups excluding carboxylic acids is 1. The molecule has 0 spiro atoms. The number of nitrogens with one attached hydrogen (secondary N) is 2. The normalized spacial score (nSPS) is 16.1. The summed E-state index contributed by atoms with van der Waals surface area (Å²) in [5.74, 6) is 1.01. The number of ether oxygens (including phenoxy) is 1. The van der Waals surface area contributed by atoms with Crippen molar-refractivity contribution in [3.05, 3.63) is 54.1 Å². The molecule has 108 valence electrons. The summed E-state index contributed by atoms with van der Waals surface area (Å²) < 4.78 is 4.60. The van der Waals surface area contributed by atoms with Gasteiger partial charge in [-0.15, -0.1) is 11.8 Å². The third-order valence-corrected chi connectivity index (χ3v) is 4.52. The van der Waals surface area contributed by atoms with Crippen molar-refractivity contribution in [1.29, 1.82) is 0 Å². The van der Waals surface area contributed by atoms with Crippen molar-refractivity contribution in [2.75, 3.05) is 23.5 Å². The molecular formula is C16H16N2O2S. The summed E-state index contributed by atoms with van der Waals surface area (Å²) in [6, 6.07) is 16.4. The molecule has 4 nitrogen and oxygen atoms in total. The summed E-state index contributed by atoms with van der Waals surface area (Å²) in [5.41, 5.74) is 3.02. The highest BCUT2D eigenvalue weighted by Gasteiger charge is 2.22. The highest BCUT2D eigenvalue weighted by molar-refractivity contribution is 7.99. The largest absolute Gasteiger partial charge is 0.453 e. The average molecular weight is 300 g/mol. The van der Waals surface area contributed by atoms with Crippen molar-refractivity contribution in [2.24, 2.45) is 0 Å². The van der Waals surface area contributed by atoms with E-state index in [1.165, 1.54) is 17.6 Å². The standard InChI is InChI=1S/C16H16N2O2S/c1-20-16(19)18-12-6-4-5-11(9-12)17-14-10-21-15-8-3-2-7-13(14)15/h2-9,14,17H,10H2,1H3,(H,18,19). The van der Waals surface area contributed by atoms with Gasteiger partial charge in [0.15, 0.2) is 0 Å². The van der Waals surface area contributed by atoms with Gasteiger partial charge in [0.1, 0.15) is 0 Å². The maximum Gasteiger partial charge on any atom is 0.411 e. The van der Waals surface area contributed by atoms with E-state index in [9.17, 15) is 4.79 Å². The summed E-state index contributed by atoms with van der Waals surface area (Å²) in [5, 5.41) is 6.19. The molecule has 2 N–H and O–H groups in total. The Morgan fingerprint density at radius 1 is 1.19 bits per heavy atom. The lowest BCUT2D eigenvalue weighted by molar-refractivity contribution is 0.187. The molecule has 3 rings (SSSR count). The highest BCUT2D eigenvalue weighted by atomic mass is 32.2. The number of hydrogen-bond acceptors (Lipinski definition) is 4. The van der Waals surface area contributed by atoms with Crippen LogP contribution in [0.2, 0.25) is 0 Å². The average Bonchev–Trinajstić information content (AvgIpc) is 2.91. The zero-order valence-electron chi connectivity index (χ0n) is 11.6. The van der Waals surface area contributed by atoms with Gasteiger partial charge < -0.3 is 10.1 Å². The second kappa shape index (κ2) is 6.10. The van der Waals surface area contributed by atoms with Crippen LogP contribution in [0.3, 0.4) is 0 Å². The molecule has 2 aromatic carbocycles. The number of rotatable bonds is 3. The van der Waals surface area contributed by atoms with Crippen LogP contribution in [0.4, 0.5) is 16.2 Å². The first-order valence-corrected chi connectivity index (χ1v) is 7.68. The van der Waals surface area contributed by atoms with Gasteiger partial charge in [0.2, 0.25) is 0 Å². The quantitative estimate of drug-likeness (QED) is 0.895. The van der Waals surface area contributed by atoms with Crippen LogP contribution in [0.15, 0.2) is 53.4 Å². The fraction of sp³-hybridized carbons (Fsp3) is 0.188. The van der Waals surface area contributed by atoms with Crippen LogP contribution in [0.25, 0.3) is 0 Å². The van der Waals surface area contributed by atoms with Crippen LogP contribution in [-0.4, -0.2) is 19.0 Å². The molecule has 0 saturated heterocycles. The molecule has 1 heterocycles. The van der Waals surface area contributed by atoms with Gasteiger partial charge in [0.05, 0.1) is 13.2 Å². The maximum absolute atomic E-state index is 11.2. The molecule has 1 amide bonds. The van der Waals surface area contributed by atoms with Gasteiger partial charge in [-0.1, -0.05) is 24.3 Å². The van der Waals surface area contributed by atoms with E-state index in [4.69, 9.17) is 0 Å². The van der Waals surface area contributed by atoms with Gasteiger partial charge in [-0.05, 0) is 29.8 Å². The van der Waals surface area contributed by atoms with E-state index in [2.05, 4.69) is 39.6 Å². The molecular weight excluding hydrogens is 284 g/mol. The van der Waals surface area contributed by atoms with Crippen molar-refractivity contribution >= 4 is 29.2 Å². The lowest BCUT2D eigenvalue weighted by atomic mass is 10.1. The van der Waals surface area contributed by atoms with Gasteiger partial charge in [-0.3, -0.25) is 5.32 Å². The molecule has 0 aromatic heterocycles. The Balaban J connectivity index is 1.74. The van der Waals surface area contributed by atoms with Crippen LogP contribution in [0.1, 0.15) is 11.6 Å². The van der Waals surface area contributed by atoms with Crippen molar-refractivity contribution in [1.82, 2.24) is 0 Å². The first-order valence-electron chi connectivity index (χ1n) is 6.69. The van der Waals surface area contributed by atoms with Crippen molar-refractivity contribution in [2.45, 2.75) is 10.9 Å². The summed E-state index contributed by atoms with van der Waals surface area (Å²) >= 11 is 1.86. The van der Waals surface area contributed by atoms with E-state index in [0.717, 1.165) is 11.4 Å². The molecule has 1 atom stereocenters. The van der Waals surface area contributed by atoms with E-state index in [-0.39, 0.29) is 0 Å². The van der Waals surface area contributed by atoms with Gasteiger partial charge >= 0.3 is 6.09 Å². The summed E-state index contributed by atoms with van der Waals surface area (Å²) in [4.78, 5) is 12.6. The van der Waals surface area contributed by atoms with Crippen LogP contribution in [0, 0.1) is 0 Å². The molecule has 0 fully saturated rings. The Hall–Kier alpha value is -2.14. The van der Waals surface area contributed by atoms with Gasteiger partial charge in [0, 0.05) is 22.0 Å². The molecule has 2 aromatic rings. The number of hydrogen-bond donors (Lipinski definition) is 2. The molecule has 1 aliphatic rings. The minimum absolute atomic E-state index is 0.291. The summed E-state index contributed by atoms with van der Waals surface area (Å²) in [6.45, 7) is 0. The molecule has 5 heteroatoms. The Morgan fingerprint density at radius 3 is 2.86 bits per heavy atom. The van der Waals surface area contributed by atoms with Crippen molar-refractivity contribution in [3.63, 3.8) is 0 Å². The van der Waals surface area contributed by atoms with Crippen LogP contribution < -0.4 is 10.6 Å². The fourth-order valence-electron chi connectivity index (χ4n) is 2.34. The molecule has 1 aliphatic heterocycles. The summed E-state index contributed by atoms with van der Waals surface area (Å²) in [6.07, 6.45) is -0.464. The predicted molar refractivity (Wildman–Crippen MR) is 86.0 cm³/mol. The first-order chi connectivity index (χ1) is 10.3. The molecule has 21 heavy (non-hydrogen) atoms. The third kappa shape index (κ3) is 3.13. The van der Waals surface area contributed by atoms with E-state index < -0.39 is 6.09 Å². The maximum atomic E-state index is 11.2. The first kappa shape index (κ1) is 13.8. The van der Waals surface area contributed by atoms with Gasteiger partial charge in [0.25, 0.3) is 0 Å². The number of amides is 1. The molecule has 1 unspecified atom stereocenters. The van der Waals surface area contributed by atoms with Gasteiger partial charge in [-0.25, -0.2) is 4.79 Å². The monoisotopic (exact) mass is 300 g/mol. The molecule has 0 radical (unpaired) electrons. The Labute approximate surface area is 127 Å². The number of methoxy groups -OCH3 is 1. The number of anilines is 2. The predicted octanol–water partition coefficient (Wildman–Crippen LogP) is 4.12. The number of benzene rings is 2. The second-order valence-electron chi connectivity index (χ2n) is 4.74. The minimum atomic E-state index is -0.464. The fourth-order valence-corrected chi connectivity index (χ4v) is 3.50. The van der Waals surface area contributed by atoms with Crippen molar-refractivity contribution in [3.8, 4) is 0 Å². The molecule has 0 saturated carbocycles. The van der Waals surface area contributed by atoms with Crippen LogP contribution >= 0.6 is 11.8 Å². The zero-order valence-corrected chi connectivity index (χ0v) is 12.4. The van der Waals surface area contributed by atoms with E-state index >= 15 is 0 Å². The zero-order chi connectivity index (χ0) is 14.7.